The van der Waals surface area contributed by atoms with Gasteiger partial charge in [0.25, 0.3) is 0 Å². The Morgan fingerprint density at radius 3 is 2.23 bits per heavy atom. The van der Waals surface area contributed by atoms with Crippen LogP contribution in [0, 0.1) is 0 Å². The molecule has 0 aromatic heterocycles. The highest BCUT2D eigenvalue weighted by Crippen LogP contribution is 2.25. The smallest absolute Gasteiger partial charge is 0.219 e. The lowest BCUT2D eigenvalue weighted by Gasteiger charge is -2.35. The molecular formula is C18H26N2O2. The van der Waals surface area contributed by atoms with E-state index < -0.39 is 0 Å². The van der Waals surface area contributed by atoms with Crippen LogP contribution in [0.25, 0.3) is 0 Å². The van der Waals surface area contributed by atoms with E-state index in [1.54, 1.807) is 6.92 Å². The molecular weight excluding hydrogens is 276 g/mol. The molecule has 0 unspecified atom stereocenters. The maximum Gasteiger partial charge on any atom is 0.219 e. The largest absolute Gasteiger partial charge is 0.490 e. The molecule has 0 bridgehead atoms. The third-order valence-corrected chi connectivity index (χ3v) is 4.78. The van der Waals surface area contributed by atoms with Gasteiger partial charge in [-0.15, -0.1) is 0 Å². The average molecular weight is 302 g/mol. The maximum atomic E-state index is 11.4. The van der Waals surface area contributed by atoms with Crippen molar-refractivity contribution in [2.24, 2.45) is 0 Å². The van der Waals surface area contributed by atoms with Gasteiger partial charge >= 0.3 is 0 Å². The lowest BCUT2D eigenvalue weighted by atomic mass is 9.98. The Morgan fingerprint density at radius 2 is 1.64 bits per heavy atom. The van der Waals surface area contributed by atoms with Crippen LogP contribution in [0.2, 0.25) is 0 Å². The van der Waals surface area contributed by atoms with Crippen molar-refractivity contribution in [2.75, 3.05) is 31.1 Å². The minimum Gasteiger partial charge on any atom is -0.490 e. The monoisotopic (exact) mass is 302 g/mol. The highest BCUT2D eigenvalue weighted by molar-refractivity contribution is 5.73. The number of piperazine rings is 1. The topological polar surface area (TPSA) is 32.8 Å². The number of benzene rings is 1. The van der Waals surface area contributed by atoms with Crippen molar-refractivity contribution in [1.29, 1.82) is 0 Å². The lowest BCUT2D eigenvalue weighted by Crippen LogP contribution is -2.48. The van der Waals surface area contributed by atoms with E-state index in [0.29, 0.717) is 6.10 Å². The number of hydrogen-bond donors (Lipinski definition) is 0. The number of carbonyl (C=O) groups excluding carboxylic acids is 1. The average Bonchev–Trinajstić information content (AvgIpc) is 2.57. The van der Waals surface area contributed by atoms with Gasteiger partial charge in [-0.05, 0) is 49.9 Å². The van der Waals surface area contributed by atoms with E-state index in [9.17, 15) is 4.79 Å². The van der Waals surface area contributed by atoms with Gasteiger partial charge in [-0.2, -0.15) is 0 Å². The highest BCUT2D eigenvalue weighted by atomic mass is 16.5. The van der Waals surface area contributed by atoms with Gasteiger partial charge in [0.1, 0.15) is 5.75 Å². The molecule has 1 saturated heterocycles. The van der Waals surface area contributed by atoms with E-state index in [1.165, 1.54) is 37.8 Å². The van der Waals surface area contributed by atoms with Gasteiger partial charge in [-0.1, -0.05) is 6.42 Å². The second kappa shape index (κ2) is 7.03. The molecule has 1 aliphatic carbocycles. The van der Waals surface area contributed by atoms with Gasteiger partial charge in [0.2, 0.25) is 5.91 Å². The van der Waals surface area contributed by atoms with Crippen molar-refractivity contribution in [1.82, 2.24) is 4.90 Å². The zero-order valence-electron chi connectivity index (χ0n) is 13.5. The van der Waals surface area contributed by atoms with Gasteiger partial charge in [-0.25, -0.2) is 0 Å². The van der Waals surface area contributed by atoms with Crippen molar-refractivity contribution < 1.29 is 9.53 Å². The summed E-state index contributed by atoms with van der Waals surface area (Å²) in [6.45, 7) is 5.09. The molecule has 0 spiro atoms. The summed E-state index contributed by atoms with van der Waals surface area (Å²) in [6.07, 6.45) is 6.72. The Morgan fingerprint density at radius 1 is 1.00 bits per heavy atom. The van der Waals surface area contributed by atoms with Crippen LogP contribution < -0.4 is 9.64 Å². The van der Waals surface area contributed by atoms with Gasteiger partial charge in [0.05, 0.1) is 6.10 Å². The SMILES string of the molecule is CC(=O)N1CCN(c2ccc(OC3CCCCC3)cc2)CC1. The fourth-order valence-corrected chi connectivity index (χ4v) is 3.39. The van der Waals surface area contributed by atoms with Crippen molar-refractivity contribution in [3.05, 3.63) is 24.3 Å². The van der Waals surface area contributed by atoms with Crippen LogP contribution in [-0.4, -0.2) is 43.1 Å². The number of ether oxygens (including phenoxy) is 1. The second-order valence-electron chi connectivity index (χ2n) is 6.36. The summed E-state index contributed by atoms with van der Waals surface area (Å²) in [5.74, 6) is 1.16. The number of amides is 1. The minimum absolute atomic E-state index is 0.177. The Labute approximate surface area is 133 Å². The summed E-state index contributed by atoms with van der Waals surface area (Å²) in [5.41, 5.74) is 1.22. The van der Waals surface area contributed by atoms with Crippen LogP contribution in [0.15, 0.2) is 24.3 Å². The number of anilines is 1. The summed E-state index contributed by atoms with van der Waals surface area (Å²) >= 11 is 0. The highest BCUT2D eigenvalue weighted by Gasteiger charge is 2.19. The molecule has 1 amide bonds. The van der Waals surface area contributed by atoms with E-state index in [2.05, 4.69) is 29.2 Å². The molecule has 1 saturated carbocycles. The molecule has 120 valence electrons. The Hall–Kier alpha value is -1.71. The van der Waals surface area contributed by atoms with E-state index >= 15 is 0 Å². The third-order valence-electron chi connectivity index (χ3n) is 4.78. The summed E-state index contributed by atoms with van der Waals surface area (Å²) in [5, 5.41) is 0. The fraction of sp³-hybridized carbons (Fsp3) is 0.611. The standard InChI is InChI=1S/C18H26N2O2/c1-15(21)19-11-13-20(14-12-19)16-7-9-18(10-8-16)22-17-5-3-2-4-6-17/h7-10,17H,2-6,11-14H2,1H3. The second-order valence-corrected chi connectivity index (χ2v) is 6.36. The van der Waals surface area contributed by atoms with Crippen LogP contribution in [0.1, 0.15) is 39.0 Å². The van der Waals surface area contributed by atoms with E-state index in [1.807, 2.05) is 4.90 Å². The maximum absolute atomic E-state index is 11.4. The third kappa shape index (κ3) is 3.73. The summed E-state index contributed by atoms with van der Waals surface area (Å²) in [6, 6.07) is 8.45. The molecule has 2 fully saturated rings. The van der Waals surface area contributed by atoms with Gasteiger partial charge in [0, 0.05) is 38.8 Å². The first-order valence-corrected chi connectivity index (χ1v) is 8.49. The first-order chi connectivity index (χ1) is 10.7. The zero-order valence-corrected chi connectivity index (χ0v) is 13.5. The molecule has 0 atom stereocenters. The van der Waals surface area contributed by atoms with Crippen LogP contribution in [0.4, 0.5) is 5.69 Å². The molecule has 0 N–H and O–H groups in total. The van der Waals surface area contributed by atoms with E-state index in [-0.39, 0.29) is 5.91 Å². The summed E-state index contributed by atoms with van der Waals surface area (Å²) in [7, 11) is 0. The molecule has 1 aromatic carbocycles. The van der Waals surface area contributed by atoms with Crippen LogP contribution in [0.3, 0.4) is 0 Å². The van der Waals surface area contributed by atoms with Crippen molar-refractivity contribution in [3.8, 4) is 5.75 Å². The molecule has 1 aromatic rings. The molecule has 2 aliphatic rings. The molecule has 4 heteroatoms. The van der Waals surface area contributed by atoms with Crippen molar-refractivity contribution >= 4 is 11.6 Å². The fourth-order valence-electron chi connectivity index (χ4n) is 3.39. The molecule has 4 nitrogen and oxygen atoms in total. The van der Waals surface area contributed by atoms with Gasteiger partial charge in [-0.3, -0.25) is 4.79 Å². The van der Waals surface area contributed by atoms with Gasteiger partial charge < -0.3 is 14.5 Å². The van der Waals surface area contributed by atoms with Crippen molar-refractivity contribution in [2.45, 2.75) is 45.1 Å². The lowest BCUT2D eigenvalue weighted by molar-refractivity contribution is -0.129. The first-order valence-electron chi connectivity index (χ1n) is 8.49. The quantitative estimate of drug-likeness (QED) is 0.860. The number of hydrogen-bond acceptors (Lipinski definition) is 3. The summed E-state index contributed by atoms with van der Waals surface area (Å²) < 4.78 is 6.07. The molecule has 22 heavy (non-hydrogen) atoms. The summed E-state index contributed by atoms with van der Waals surface area (Å²) in [4.78, 5) is 15.6. The Bertz CT molecular complexity index is 486. The first kappa shape index (κ1) is 15.2. The predicted molar refractivity (Wildman–Crippen MR) is 88.4 cm³/mol. The van der Waals surface area contributed by atoms with E-state index in [4.69, 9.17) is 4.74 Å². The normalized spacial score (nSPS) is 20.0. The Kier molecular flexibility index (Phi) is 4.86. The molecule has 1 aliphatic heterocycles. The van der Waals surface area contributed by atoms with Crippen molar-refractivity contribution in [3.63, 3.8) is 0 Å². The van der Waals surface area contributed by atoms with Gasteiger partial charge in [0.15, 0.2) is 0 Å². The number of rotatable bonds is 3. The number of nitrogens with zero attached hydrogens (tertiary/aromatic N) is 2. The zero-order chi connectivity index (χ0) is 15.4. The molecule has 3 rings (SSSR count). The van der Waals surface area contributed by atoms with Crippen LogP contribution in [0.5, 0.6) is 5.75 Å². The van der Waals surface area contributed by atoms with Crippen LogP contribution >= 0.6 is 0 Å². The van der Waals surface area contributed by atoms with E-state index in [0.717, 1.165) is 31.9 Å². The Balaban J connectivity index is 1.54. The molecule has 1 heterocycles. The predicted octanol–water partition coefficient (Wildman–Crippen LogP) is 3.07. The molecule has 0 radical (unpaired) electrons. The minimum atomic E-state index is 0.177. The van der Waals surface area contributed by atoms with Crippen LogP contribution in [-0.2, 0) is 4.79 Å². The number of carbonyl (C=O) groups is 1.